The quantitative estimate of drug-likeness (QED) is 0.438. The first-order valence-electron chi connectivity index (χ1n) is 10.7. The van der Waals surface area contributed by atoms with Crippen LogP contribution >= 0.6 is 0 Å². The van der Waals surface area contributed by atoms with Crippen LogP contribution in [-0.4, -0.2) is 67.9 Å². The van der Waals surface area contributed by atoms with Gasteiger partial charge in [0.1, 0.15) is 0 Å². The smallest absolute Gasteiger partial charge is 0.254 e. The molecule has 0 saturated heterocycles. The Morgan fingerprint density at radius 3 is 2.38 bits per heavy atom. The Morgan fingerprint density at radius 1 is 1.09 bits per heavy atom. The van der Waals surface area contributed by atoms with Crippen molar-refractivity contribution in [1.29, 1.82) is 0 Å². The summed E-state index contributed by atoms with van der Waals surface area (Å²) in [7, 11) is 5.47. The van der Waals surface area contributed by atoms with E-state index >= 15 is 0 Å². The number of methoxy groups -OCH3 is 1. The molecule has 0 atom stereocenters. The minimum Gasteiger partial charge on any atom is -0.504 e. The zero-order valence-electron chi connectivity index (χ0n) is 20.1. The number of hydrogen-bond acceptors (Lipinski definition) is 6. The summed E-state index contributed by atoms with van der Waals surface area (Å²) in [5.41, 5.74) is 5.73. The zero-order chi connectivity index (χ0) is 23.7. The molecule has 2 N–H and O–H groups in total. The molecule has 32 heavy (non-hydrogen) atoms. The number of carbonyl (C=O) groups is 1. The predicted molar refractivity (Wildman–Crippen MR) is 129 cm³/mol. The molecule has 0 fully saturated rings. The number of para-hydroxylation sites is 1. The lowest BCUT2D eigenvalue weighted by atomic mass is 9.87. The summed E-state index contributed by atoms with van der Waals surface area (Å²) in [6.07, 6.45) is 1.40. The number of nitrogens with one attached hydrogen (secondary N) is 1. The average molecular weight is 441 g/mol. The number of benzene rings is 2. The van der Waals surface area contributed by atoms with E-state index in [1.54, 1.807) is 18.2 Å². The Kier molecular flexibility index (Phi) is 9.23. The average Bonchev–Trinajstić information content (AvgIpc) is 2.73. The molecule has 7 heteroatoms. The number of phenolic OH excluding ortho intramolecular Hbond substituents is 1. The summed E-state index contributed by atoms with van der Waals surface area (Å²) < 4.78 is 5.06. The minimum atomic E-state index is -0.216. The molecular formula is C25H36N4O3. The molecule has 0 unspecified atom stereocenters. The van der Waals surface area contributed by atoms with Gasteiger partial charge in [-0.15, -0.1) is 0 Å². The third-order valence-corrected chi connectivity index (χ3v) is 5.19. The van der Waals surface area contributed by atoms with Crippen molar-refractivity contribution in [3.63, 3.8) is 0 Å². The summed E-state index contributed by atoms with van der Waals surface area (Å²) in [6, 6.07) is 13.9. The number of hydrogen-bond donors (Lipinski definition) is 2. The SMILES string of the molecule is COc1cccc(/C=N/NC(=O)CN(C)CCN(C)Cc2ccc(C(C)(C)C)cc2)c1O. The number of likely N-dealkylation sites (N-methyl/N-ethyl adjacent to an activating group) is 2. The Bertz CT molecular complexity index is 904. The molecule has 0 spiro atoms. The summed E-state index contributed by atoms with van der Waals surface area (Å²) in [4.78, 5) is 16.3. The van der Waals surface area contributed by atoms with Crippen LogP contribution in [0.2, 0.25) is 0 Å². The number of rotatable bonds is 10. The first kappa shape index (κ1) is 25.4. The normalized spacial score (nSPS) is 12.0. The first-order chi connectivity index (χ1) is 15.1. The van der Waals surface area contributed by atoms with Crippen molar-refractivity contribution in [2.45, 2.75) is 32.7 Å². The standard InChI is InChI=1S/C25H36N4O3/c1-25(2,3)21-12-10-19(11-13-21)17-28(4)14-15-29(5)18-23(30)27-26-16-20-8-7-9-22(32-6)24(20)31/h7-13,16,31H,14-15,17-18H2,1-6H3,(H,27,30)/b26-16+. The van der Waals surface area contributed by atoms with Crippen molar-refractivity contribution in [2.75, 3.05) is 40.8 Å². The second-order valence-electron chi connectivity index (χ2n) is 9.11. The monoisotopic (exact) mass is 440 g/mol. The van der Waals surface area contributed by atoms with E-state index in [1.165, 1.54) is 24.5 Å². The number of ether oxygens (including phenoxy) is 1. The van der Waals surface area contributed by atoms with Crippen molar-refractivity contribution in [3.8, 4) is 11.5 Å². The van der Waals surface area contributed by atoms with Gasteiger partial charge in [-0.1, -0.05) is 51.1 Å². The van der Waals surface area contributed by atoms with Crippen LogP contribution in [-0.2, 0) is 16.8 Å². The fourth-order valence-corrected chi connectivity index (χ4v) is 3.18. The maximum absolute atomic E-state index is 12.1. The van der Waals surface area contributed by atoms with Crippen LogP contribution in [0.1, 0.15) is 37.5 Å². The van der Waals surface area contributed by atoms with Crippen LogP contribution in [0.5, 0.6) is 11.5 Å². The highest BCUT2D eigenvalue weighted by Gasteiger charge is 2.13. The predicted octanol–water partition coefficient (Wildman–Crippen LogP) is 3.21. The van der Waals surface area contributed by atoms with E-state index in [-0.39, 0.29) is 23.6 Å². The lowest BCUT2D eigenvalue weighted by Gasteiger charge is -2.22. The van der Waals surface area contributed by atoms with Gasteiger partial charge in [0.15, 0.2) is 11.5 Å². The molecule has 0 aliphatic heterocycles. The van der Waals surface area contributed by atoms with Gasteiger partial charge in [0, 0.05) is 25.2 Å². The van der Waals surface area contributed by atoms with E-state index in [9.17, 15) is 9.90 Å². The van der Waals surface area contributed by atoms with Crippen molar-refractivity contribution in [1.82, 2.24) is 15.2 Å². The molecule has 2 rings (SSSR count). The van der Waals surface area contributed by atoms with Crippen molar-refractivity contribution in [2.24, 2.45) is 5.10 Å². The number of carbonyl (C=O) groups excluding carboxylic acids is 1. The molecule has 1 amide bonds. The van der Waals surface area contributed by atoms with Crippen LogP contribution in [0.25, 0.3) is 0 Å². The van der Waals surface area contributed by atoms with Gasteiger partial charge in [-0.2, -0.15) is 5.10 Å². The molecule has 0 bridgehead atoms. The summed E-state index contributed by atoms with van der Waals surface area (Å²) >= 11 is 0. The molecule has 0 aliphatic carbocycles. The number of amides is 1. The fraction of sp³-hybridized carbons (Fsp3) is 0.440. The van der Waals surface area contributed by atoms with Crippen molar-refractivity contribution in [3.05, 3.63) is 59.2 Å². The Labute approximate surface area is 191 Å². The highest BCUT2D eigenvalue weighted by atomic mass is 16.5. The number of aromatic hydroxyl groups is 1. The topological polar surface area (TPSA) is 77.4 Å². The van der Waals surface area contributed by atoms with E-state index < -0.39 is 0 Å². The zero-order valence-corrected chi connectivity index (χ0v) is 20.1. The second kappa shape index (κ2) is 11.6. The fourth-order valence-electron chi connectivity index (χ4n) is 3.18. The summed E-state index contributed by atoms with van der Waals surface area (Å²) in [6.45, 7) is 9.33. The minimum absolute atomic E-state index is 0.0128. The molecule has 0 aliphatic rings. The largest absolute Gasteiger partial charge is 0.504 e. The van der Waals surface area contributed by atoms with Gasteiger partial charge in [-0.3, -0.25) is 9.69 Å². The lowest BCUT2D eigenvalue weighted by Crippen LogP contribution is -2.37. The number of phenols is 1. The highest BCUT2D eigenvalue weighted by molar-refractivity contribution is 5.86. The molecule has 174 valence electrons. The number of hydrazone groups is 1. The first-order valence-corrected chi connectivity index (χ1v) is 10.7. The Morgan fingerprint density at radius 2 is 1.75 bits per heavy atom. The maximum atomic E-state index is 12.1. The van der Waals surface area contributed by atoms with Gasteiger partial charge in [0.25, 0.3) is 5.91 Å². The van der Waals surface area contributed by atoms with Gasteiger partial charge >= 0.3 is 0 Å². The van der Waals surface area contributed by atoms with E-state index in [1.807, 2.05) is 11.9 Å². The van der Waals surface area contributed by atoms with Crippen LogP contribution in [0, 0.1) is 0 Å². The third-order valence-electron chi connectivity index (χ3n) is 5.19. The molecule has 7 nitrogen and oxygen atoms in total. The van der Waals surface area contributed by atoms with Crippen LogP contribution in [0.4, 0.5) is 0 Å². The van der Waals surface area contributed by atoms with Crippen molar-refractivity contribution >= 4 is 12.1 Å². The van der Waals surface area contributed by atoms with Crippen molar-refractivity contribution < 1.29 is 14.6 Å². The third kappa shape index (κ3) is 7.98. The van der Waals surface area contributed by atoms with Crippen LogP contribution in [0.3, 0.4) is 0 Å². The lowest BCUT2D eigenvalue weighted by molar-refractivity contribution is -0.121. The van der Waals surface area contributed by atoms with Gasteiger partial charge in [0.05, 0.1) is 19.9 Å². The number of nitrogens with zero attached hydrogens (tertiary/aromatic N) is 3. The van der Waals surface area contributed by atoms with Gasteiger partial charge in [-0.25, -0.2) is 5.43 Å². The molecule has 0 saturated carbocycles. The summed E-state index contributed by atoms with van der Waals surface area (Å²) in [5.74, 6) is 0.127. The van der Waals surface area contributed by atoms with Gasteiger partial charge in [-0.05, 0) is 42.8 Å². The van der Waals surface area contributed by atoms with Gasteiger partial charge in [0.2, 0.25) is 0 Å². The van der Waals surface area contributed by atoms with Crippen LogP contribution < -0.4 is 10.2 Å². The van der Waals surface area contributed by atoms with E-state index in [0.29, 0.717) is 11.3 Å². The molecule has 2 aromatic rings. The molecular weight excluding hydrogens is 404 g/mol. The Hall–Kier alpha value is -2.90. The Balaban J connectivity index is 1.74. The van der Waals surface area contributed by atoms with E-state index in [2.05, 4.69) is 67.5 Å². The van der Waals surface area contributed by atoms with Crippen LogP contribution in [0.15, 0.2) is 47.6 Å². The molecule has 0 aromatic heterocycles. The van der Waals surface area contributed by atoms with E-state index in [4.69, 9.17) is 4.74 Å². The maximum Gasteiger partial charge on any atom is 0.254 e. The summed E-state index contributed by atoms with van der Waals surface area (Å²) in [5, 5.41) is 14.0. The molecule has 0 radical (unpaired) electrons. The molecule has 0 heterocycles. The second-order valence-corrected chi connectivity index (χ2v) is 9.11. The highest BCUT2D eigenvalue weighted by Crippen LogP contribution is 2.27. The molecule has 2 aromatic carbocycles. The van der Waals surface area contributed by atoms with E-state index in [0.717, 1.165) is 19.6 Å². The van der Waals surface area contributed by atoms with Gasteiger partial charge < -0.3 is 14.7 Å².